The van der Waals surface area contributed by atoms with Crippen LogP contribution in [0, 0.1) is 0 Å². The van der Waals surface area contributed by atoms with Crippen molar-refractivity contribution in [3.8, 4) is 0 Å². The number of carbonyl (C=O) groups is 2. The van der Waals surface area contributed by atoms with Crippen molar-refractivity contribution in [1.82, 2.24) is 9.88 Å². The molecule has 2 aromatic rings. The maximum absolute atomic E-state index is 12.4. The summed E-state index contributed by atoms with van der Waals surface area (Å²) in [5.41, 5.74) is 2.84. The summed E-state index contributed by atoms with van der Waals surface area (Å²) in [4.78, 5) is 29.6. The van der Waals surface area contributed by atoms with Crippen LogP contribution in [-0.2, 0) is 16.1 Å². The van der Waals surface area contributed by atoms with Gasteiger partial charge in [0.25, 0.3) is 0 Å². The predicted molar refractivity (Wildman–Crippen MR) is 95.3 cm³/mol. The molecule has 1 aromatic heterocycles. The van der Waals surface area contributed by atoms with Crippen LogP contribution in [0.3, 0.4) is 0 Å². The minimum absolute atomic E-state index is 0.0159. The second-order valence-electron chi connectivity index (χ2n) is 5.66. The van der Waals surface area contributed by atoms with Gasteiger partial charge in [0.05, 0.1) is 0 Å². The molecule has 0 aliphatic carbocycles. The third-order valence-corrected chi connectivity index (χ3v) is 5.07. The molecule has 0 saturated carbocycles. The fourth-order valence-electron chi connectivity index (χ4n) is 2.69. The van der Waals surface area contributed by atoms with Crippen molar-refractivity contribution in [2.75, 3.05) is 11.1 Å². The van der Waals surface area contributed by atoms with E-state index >= 15 is 0 Å². The fraction of sp³-hybridized carbons (Fsp3) is 0.278. The number of nitrogens with zero attached hydrogens (tertiary/aromatic N) is 2. The van der Waals surface area contributed by atoms with Gasteiger partial charge in [0.1, 0.15) is 5.37 Å². The molecule has 1 aliphatic heterocycles. The summed E-state index contributed by atoms with van der Waals surface area (Å²) in [6.45, 7) is 2.04. The first kappa shape index (κ1) is 16.5. The van der Waals surface area contributed by atoms with Gasteiger partial charge in [0, 0.05) is 43.7 Å². The van der Waals surface area contributed by atoms with Gasteiger partial charge in [-0.25, -0.2) is 0 Å². The highest BCUT2D eigenvalue weighted by molar-refractivity contribution is 7.99. The Morgan fingerprint density at radius 2 is 2.12 bits per heavy atom. The van der Waals surface area contributed by atoms with E-state index in [1.165, 1.54) is 6.92 Å². The summed E-state index contributed by atoms with van der Waals surface area (Å²) in [6, 6.07) is 11.6. The number of amides is 2. The maximum Gasteiger partial charge on any atom is 0.224 e. The Labute approximate surface area is 145 Å². The first-order valence-electron chi connectivity index (χ1n) is 7.81. The lowest BCUT2D eigenvalue weighted by Crippen LogP contribution is -2.36. The standard InChI is InChI=1S/C18H19N3O2S/c1-13(22)20-16-6-4-15(5-7-16)18-21(17(23)8-10-24-18)12-14-3-2-9-19-11-14/h2-7,9,11,18H,8,10,12H2,1H3,(H,20,22). The summed E-state index contributed by atoms with van der Waals surface area (Å²) >= 11 is 1.76. The topological polar surface area (TPSA) is 62.3 Å². The van der Waals surface area contributed by atoms with Gasteiger partial charge in [-0.3, -0.25) is 14.6 Å². The Bertz CT molecular complexity index is 719. The number of hydrogen-bond donors (Lipinski definition) is 1. The first-order chi connectivity index (χ1) is 11.6. The zero-order valence-corrected chi connectivity index (χ0v) is 14.3. The molecule has 1 saturated heterocycles. The van der Waals surface area contributed by atoms with Gasteiger partial charge in [-0.2, -0.15) is 0 Å². The number of nitrogens with one attached hydrogen (secondary N) is 1. The zero-order chi connectivity index (χ0) is 16.9. The Hall–Kier alpha value is -2.34. The van der Waals surface area contributed by atoms with E-state index in [-0.39, 0.29) is 17.2 Å². The molecule has 1 aliphatic rings. The Kier molecular flexibility index (Phi) is 5.15. The van der Waals surface area contributed by atoms with Gasteiger partial charge in [0.2, 0.25) is 11.8 Å². The lowest BCUT2D eigenvalue weighted by atomic mass is 10.1. The number of anilines is 1. The predicted octanol–water partition coefficient (Wildman–Crippen LogP) is 3.20. The molecular formula is C18H19N3O2S. The van der Waals surface area contributed by atoms with Crippen LogP contribution in [0.4, 0.5) is 5.69 Å². The van der Waals surface area contributed by atoms with Crippen LogP contribution in [-0.4, -0.2) is 27.5 Å². The minimum atomic E-state index is -0.0943. The Morgan fingerprint density at radius 1 is 1.33 bits per heavy atom. The average Bonchev–Trinajstić information content (AvgIpc) is 2.58. The molecule has 2 amide bonds. The minimum Gasteiger partial charge on any atom is -0.326 e. The van der Waals surface area contributed by atoms with Gasteiger partial charge in [-0.1, -0.05) is 18.2 Å². The molecule has 1 unspecified atom stereocenters. The van der Waals surface area contributed by atoms with Crippen molar-refractivity contribution in [3.63, 3.8) is 0 Å². The second kappa shape index (κ2) is 7.49. The maximum atomic E-state index is 12.4. The number of rotatable bonds is 4. The van der Waals surface area contributed by atoms with Crippen LogP contribution < -0.4 is 5.32 Å². The molecule has 3 rings (SSSR count). The Balaban J connectivity index is 1.80. The van der Waals surface area contributed by atoms with Crippen LogP contribution in [0.2, 0.25) is 0 Å². The smallest absolute Gasteiger partial charge is 0.224 e. The highest BCUT2D eigenvalue weighted by Gasteiger charge is 2.29. The zero-order valence-electron chi connectivity index (χ0n) is 13.4. The molecular weight excluding hydrogens is 322 g/mol. The van der Waals surface area contributed by atoms with Crippen molar-refractivity contribution < 1.29 is 9.59 Å². The fourth-order valence-corrected chi connectivity index (χ4v) is 3.93. The van der Waals surface area contributed by atoms with Crippen LogP contribution in [0.25, 0.3) is 0 Å². The van der Waals surface area contributed by atoms with Crippen molar-refractivity contribution >= 4 is 29.3 Å². The molecule has 1 fully saturated rings. The number of benzene rings is 1. The van der Waals surface area contributed by atoms with Crippen LogP contribution in [0.1, 0.15) is 29.8 Å². The van der Waals surface area contributed by atoms with Gasteiger partial charge < -0.3 is 10.2 Å². The molecule has 6 heteroatoms. The van der Waals surface area contributed by atoms with E-state index in [1.807, 2.05) is 41.3 Å². The summed E-state index contributed by atoms with van der Waals surface area (Å²) in [7, 11) is 0. The number of carbonyl (C=O) groups excluding carboxylic acids is 2. The molecule has 2 heterocycles. The highest BCUT2D eigenvalue weighted by atomic mass is 32.2. The van der Waals surface area contributed by atoms with E-state index < -0.39 is 0 Å². The number of thioether (sulfide) groups is 1. The highest BCUT2D eigenvalue weighted by Crippen LogP contribution is 2.38. The quantitative estimate of drug-likeness (QED) is 0.927. The number of hydrogen-bond acceptors (Lipinski definition) is 4. The summed E-state index contributed by atoms with van der Waals surface area (Å²) < 4.78 is 0. The van der Waals surface area contributed by atoms with Gasteiger partial charge in [0.15, 0.2) is 0 Å². The summed E-state index contributed by atoms with van der Waals surface area (Å²) in [5, 5.41) is 2.74. The molecule has 0 bridgehead atoms. The van der Waals surface area contributed by atoms with E-state index in [4.69, 9.17) is 0 Å². The first-order valence-corrected chi connectivity index (χ1v) is 8.86. The molecule has 1 N–H and O–H groups in total. The SMILES string of the molecule is CC(=O)Nc1ccc(C2SCCC(=O)N2Cc2cccnc2)cc1. The van der Waals surface area contributed by atoms with E-state index in [2.05, 4.69) is 10.3 Å². The van der Waals surface area contributed by atoms with E-state index in [1.54, 1.807) is 24.2 Å². The molecule has 5 nitrogen and oxygen atoms in total. The average molecular weight is 341 g/mol. The van der Waals surface area contributed by atoms with Gasteiger partial charge in [-0.15, -0.1) is 11.8 Å². The van der Waals surface area contributed by atoms with Crippen molar-refractivity contribution in [2.45, 2.75) is 25.3 Å². The number of pyridine rings is 1. The lowest BCUT2D eigenvalue weighted by Gasteiger charge is -2.35. The van der Waals surface area contributed by atoms with Gasteiger partial charge >= 0.3 is 0 Å². The molecule has 1 atom stereocenters. The van der Waals surface area contributed by atoms with E-state index in [0.717, 1.165) is 22.6 Å². The van der Waals surface area contributed by atoms with Crippen molar-refractivity contribution in [3.05, 3.63) is 59.9 Å². The molecule has 124 valence electrons. The van der Waals surface area contributed by atoms with Crippen molar-refractivity contribution in [2.24, 2.45) is 0 Å². The van der Waals surface area contributed by atoms with Crippen LogP contribution in [0.15, 0.2) is 48.8 Å². The van der Waals surface area contributed by atoms with Gasteiger partial charge in [-0.05, 0) is 29.3 Å². The third-order valence-electron chi connectivity index (χ3n) is 3.79. The van der Waals surface area contributed by atoms with Crippen molar-refractivity contribution in [1.29, 1.82) is 0 Å². The number of aromatic nitrogens is 1. The van der Waals surface area contributed by atoms with E-state index in [9.17, 15) is 9.59 Å². The van der Waals surface area contributed by atoms with E-state index in [0.29, 0.717) is 13.0 Å². The molecule has 1 aromatic carbocycles. The second-order valence-corrected chi connectivity index (χ2v) is 6.85. The summed E-state index contributed by atoms with van der Waals surface area (Å²) in [5.74, 6) is 0.886. The van der Waals surface area contributed by atoms with Crippen LogP contribution in [0.5, 0.6) is 0 Å². The normalized spacial score (nSPS) is 17.6. The van der Waals surface area contributed by atoms with Crippen LogP contribution >= 0.6 is 11.8 Å². The Morgan fingerprint density at radius 3 is 2.79 bits per heavy atom. The lowest BCUT2D eigenvalue weighted by molar-refractivity contribution is -0.132. The largest absolute Gasteiger partial charge is 0.326 e. The molecule has 0 radical (unpaired) electrons. The summed E-state index contributed by atoms with van der Waals surface area (Å²) in [6.07, 6.45) is 4.09. The monoisotopic (exact) mass is 341 g/mol. The molecule has 24 heavy (non-hydrogen) atoms. The molecule has 0 spiro atoms. The third kappa shape index (κ3) is 3.94.